The molecule has 2 rings (SSSR count). The van der Waals surface area contributed by atoms with Gasteiger partial charge in [0.15, 0.2) is 5.69 Å². The first-order valence-corrected chi connectivity index (χ1v) is 6.88. The quantitative estimate of drug-likeness (QED) is 0.650. The molecular weight excluding hydrogens is 300 g/mol. The molecule has 0 saturated carbocycles. The van der Waals surface area contributed by atoms with Crippen LogP contribution in [0.3, 0.4) is 0 Å². The third-order valence-electron chi connectivity index (χ3n) is 2.74. The molecule has 0 aliphatic carbocycles. The van der Waals surface area contributed by atoms with Gasteiger partial charge in [-0.15, -0.1) is 0 Å². The lowest BCUT2D eigenvalue weighted by molar-refractivity contribution is -0.112. The van der Waals surface area contributed by atoms with Gasteiger partial charge in [0.05, 0.1) is 13.7 Å². The summed E-state index contributed by atoms with van der Waals surface area (Å²) in [6, 6.07) is 7.16. The van der Waals surface area contributed by atoms with Crippen LogP contribution in [0, 0.1) is 0 Å². The molecule has 0 unspecified atom stereocenters. The first-order chi connectivity index (χ1) is 11.1. The monoisotopic (exact) mass is 316 g/mol. The second kappa shape index (κ2) is 7.79. The van der Waals surface area contributed by atoms with Crippen LogP contribution >= 0.6 is 0 Å². The highest BCUT2D eigenvalue weighted by molar-refractivity contribution is 6.01. The fourth-order valence-corrected chi connectivity index (χ4v) is 1.69. The average Bonchev–Trinajstić information content (AvgIpc) is 3.02. The fraction of sp³-hybridized carbons (Fsp3) is 0.188. The zero-order chi connectivity index (χ0) is 16.7. The Labute approximate surface area is 132 Å². The van der Waals surface area contributed by atoms with E-state index in [1.165, 1.54) is 6.08 Å². The summed E-state index contributed by atoms with van der Waals surface area (Å²) in [5, 5.41) is 2.42. The number of hydrogen-bond acceptors (Lipinski definition) is 6. The molecule has 1 aromatic heterocycles. The summed E-state index contributed by atoms with van der Waals surface area (Å²) in [6.07, 6.45) is 4.06. The minimum Gasteiger partial charge on any atom is -0.497 e. The van der Waals surface area contributed by atoms with E-state index in [0.717, 1.165) is 11.8 Å². The van der Waals surface area contributed by atoms with Crippen molar-refractivity contribution in [3.05, 3.63) is 47.9 Å². The molecule has 0 spiro atoms. The van der Waals surface area contributed by atoms with Crippen molar-refractivity contribution in [3.8, 4) is 5.75 Å². The molecule has 7 nitrogen and oxygen atoms in total. The van der Waals surface area contributed by atoms with E-state index in [9.17, 15) is 9.59 Å². The van der Waals surface area contributed by atoms with Gasteiger partial charge in [-0.2, -0.15) is 4.98 Å². The molecule has 120 valence electrons. The Hall–Kier alpha value is -3.09. The van der Waals surface area contributed by atoms with E-state index in [1.807, 2.05) is 12.1 Å². The summed E-state index contributed by atoms with van der Waals surface area (Å²) in [7, 11) is 1.57. The van der Waals surface area contributed by atoms with Crippen LogP contribution in [0.4, 0.5) is 6.01 Å². The SMILES string of the molecule is CCOC(=O)c1coc(NC(=O)/C=C/c2cccc(OC)c2)n1. The summed E-state index contributed by atoms with van der Waals surface area (Å²) in [4.78, 5) is 27.1. The zero-order valence-corrected chi connectivity index (χ0v) is 12.7. The van der Waals surface area contributed by atoms with Crippen molar-refractivity contribution in [1.82, 2.24) is 4.98 Å². The highest BCUT2D eigenvalue weighted by Crippen LogP contribution is 2.14. The molecule has 23 heavy (non-hydrogen) atoms. The van der Waals surface area contributed by atoms with Crippen molar-refractivity contribution in [2.45, 2.75) is 6.92 Å². The predicted octanol–water partition coefficient (Wildman–Crippen LogP) is 2.51. The van der Waals surface area contributed by atoms with Crippen LogP contribution < -0.4 is 10.1 Å². The van der Waals surface area contributed by atoms with E-state index in [0.29, 0.717) is 5.75 Å². The Morgan fingerprint density at radius 1 is 1.39 bits per heavy atom. The zero-order valence-electron chi connectivity index (χ0n) is 12.7. The number of oxazole rings is 1. The maximum Gasteiger partial charge on any atom is 0.360 e. The highest BCUT2D eigenvalue weighted by Gasteiger charge is 2.13. The van der Waals surface area contributed by atoms with Crippen LogP contribution in [-0.2, 0) is 9.53 Å². The molecule has 1 amide bonds. The van der Waals surface area contributed by atoms with Gasteiger partial charge < -0.3 is 13.9 Å². The second-order valence-electron chi connectivity index (χ2n) is 4.36. The number of hydrogen-bond donors (Lipinski definition) is 1. The summed E-state index contributed by atoms with van der Waals surface area (Å²) in [5.74, 6) is -0.354. The van der Waals surface area contributed by atoms with Crippen molar-refractivity contribution < 1.29 is 23.5 Å². The molecule has 0 radical (unpaired) electrons. The lowest BCUT2D eigenvalue weighted by Gasteiger charge is -2.00. The molecule has 0 aliphatic heterocycles. The van der Waals surface area contributed by atoms with Gasteiger partial charge in [0.1, 0.15) is 12.0 Å². The molecule has 1 heterocycles. The van der Waals surface area contributed by atoms with E-state index in [1.54, 1.807) is 32.2 Å². The molecule has 0 aliphatic rings. The number of nitrogens with one attached hydrogen (secondary N) is 1. The molecule has 7 heteroatoms. The Kier molecular flexibility index (Phi) is 5.51. The largest absolute Gasteiger partial charge is 0.497 e. The van der Waals surface area contributed by atoms with Gasteiger partial charge >= 0.3 is 12.0 Å². The molecule has 0 atom stereocenters. The molecule has 1 N–H and O–H groups in total. The van der Waals surface area contributed by atoms with Crippen molar-refractivity contribution in [1.29, 1.82) is 0 Å². The number of esters is 1. The van der Waals surface area contributed by atoms with Crippen LogP contribution in [0.5, 0.6) is 5.75 Å². The lowest BCUT2D eigenvalue weighted by Crippen LogP contribution is -2.09. The van der Waals surface area contributed by atoms with Crippen LogP contribution in [0.15, 0.2) is 41.0 Å². The maximum absolute atomic E-state index is 11.8. The second-order valence-corrected chi connectivity index (χ2v) is 4.36. The third-order valence-corrected chi connectivity index (χ3v) is 2.74. The van der Waals surface area contributed by atoms with E-state index in [-0.39, 0.29) is 18.3 Å². The van der Waals surface area contributed by atoms with Gasteiger partial charge in [0.25, 0.3) is 5.91 Å². The smallest absolute Gasteiger partial charge is 0.360 e. The lowest BCUT2D eigenvalue weighted by atomic mass is 10.2. The summed E-state index contributed by atoms with van der Waals surface area (Å²) < 4.78 is 14.9. The van der Waals surface area contributed by atoms with Crippen molar-refractivity contribution in [3.63, 3.8) is 0 Å². The number of aromatic nitrogens is 1. The van der Waals surface area contributed by atoms with Gasteiger partial charge in [0, 0.05) is 6.08 Å². The van der Waals surface area contributed by atoms with E-state index in [2.05, 4.69) is 10.3 Å². The van der Waals surface area contributed by atoms with Crippen molar-refractivity contribution in [2.24, 2.45) is 0 Å². The fourth-order valence-electron chi connectivity index (χ4n) is 1.69. The number of ether oxygens (including phenoxy) is 2. The van der Waals surface area contributed by atoms with Gasteiger partial charge in [-0.3, -0.25) is 10.1 Å². The number of anilines is 1. The van der Waals surface area contributed by atoms with Crippen LogP contribution in [0.2, 0.25) is 0 Å². The Morgan fingerprint density at radius 3 is 2.96 bits per heavy atom. The number of nitrogens with zero attached hydrogens (tertiary/aromatic N) is 1. The topological polar surface area (TPSA) is 90.7 Å². The summed E-state index contributed by atoms with van der Waals surface area (Å²) in [6.45, 7) is 1.92. The molecular formula is C16H16N2O5. The van der Waals surface area contributed by atoms with Gasteiger partial charge in [-0.1, -0.05) is 12.1 Å². The summed E-state index contributed by atoms with van der Waals surface area (Å²) in [5.41, 5.74) is 0.804. The van der Waals surface area contributed by atoms with Gasteiger partial charge in [-0.05, 0) is 30.7 Å². The molecule has 0 saturated heterocycles. The van der Waals surface area contributed by atoms with Crippen molar-refractivity contribution in [2.75, 3.05) is 19.0 Å². The Morgan fingerprint density at radius 2 is 2.22 bits per heavy atom. The number of rotatable bonds is 6. The Bertz CT molecular complexity index is 721. The van der Waals surface area contributed by atoms with Gasteiger partial charge in [-0.25, -0.2) is 4.79 Å². The van der Waals surface area contributed by atoms with Crippen LogP contribution in [0.25, 0.3) is 6.08 Å². The standard InChI is InChI=1S/C16H16N2O5/c1-3-22-15(20)13-10-23-16(17-13)18-14(19)8-7-11-5-4-6-12(9-11)21-2/h4-10H,3H2,1-2H3,(H,17,18,19)/b8-7+. The number of carbonyl (C=O) groups excluding carboxylic acids is 2. The van der Waals surface area contributed by atoms with E-state index in [4.69, 9.17) is 13.9 Å². The number of methoxy groups -OCH3 is 1. The number of amides is 1. The molecule has 1 aromatic carbocycles. The maximum atomic E-state index is 11.8. The average molecular weight is 316 g/mol. The van der Waals surface area contributed by atoms with E-state index >= 15 is 0 Å². The molecule has 0 bridgehead atoms. The molecule has 2 aromatic rings. The minimum atomic E-state index is -0.608. The van der Waals surface area contributed by atoms with Crippen LogP contribution in [-0.4, -0.2) is 30.6 Å². The molecule has 0 fully saturated rings. The Balaban J connectivity index is 1.96. The minimum absolute atomic E-state index is 0.000995. The normalized spacial score (nSPS) is 10.5. The van der Waals surface area contributed by atoms with Crippen molar-refractivity contribution >= 4 is 24.0 Å². The predicted molar refractivity (Wildman–Crippen MR) is 83.1 cm³/mol. The highest BCUT2D eigenvalue weighted by atomic mass is 16.5. The first kappa shape index (κ1) is 16.3. The first-order valence-electron chi connectivity index (χ1n) is 6.88. The number of benzene rings is 1. The van der Waals surface area contributed by atoms with Crippen LogP contribution in [0.1, 0.15) is 23.0 Å². The van der Waals surface area contributed by atoms with E-state index < -0.39 is 11.9 Å². The number of carbonyl (C=O) groups is 2. The summed E-state index contributed by atoms with van der Waals surface area (Å²) >= 11 is 0. The third kappa shape index (κ3) is 4.70. The van der Waals surface area contributed by atoms with Gasteiger partial charge in [0.2, 0.25) is 0 Å².